The van der Waals surface area contributed by atoms with Crippen LogP contribution >= 0.6 is 0 Å². The minimum Gasteiger partial charge on any atom is -0.496 e. The van der Waals surface area contributed by atoms with E-state index in [0.29, 0.717) is 61.4 Å². The Morgan fingerprint density at radius 3 is 2.46 bits per heavy atom. The maximum atomic E-state index is 14.6. The second kappa shape index (κ2) is 16.6. The maximum Gasteiger partial charge on any atom is 0.407 e. The molecule has 0 unspecified atom stereocenters. The minimum atomic E-state index is -3.87. The van der Waals surface area contributed by atoms with E-state index in [-0.39, 0.29) is 31.4 Å². The molecule has 3 N–H and O–H groups in total. The highest BCUT2D eigenvalue weighted by Gasteiger charge is 2.62. The molecule has 4 amide bonds. The molecule has 5 bridgehead atoms. The van der Waals surface area contributed by atoms with Crippen LogP contribution < -0.4 is 29.6 Å². The van der Waals surface area contributed by atoms with Crippen LogP contribution in [0.1, 0.15) is 102 Å². The SMILES string of the molecule is COc1cc2c3cc(c(OC)cc3n1)CCCC[C@H](C)COC(=O)N[C@H]1CCCCCCC[C@@H]3C[C@@]3(C(=O)NS(=O)(=O)C3CC3)NC(=O)[C@@H]3C[C@H](CN3C1=O)O2. The van der Waals surface area contributed by atoms with Gasteiger partial charge in [0.1, 0.15) is 35.2 Å². The number of nitrogens with zero attached hydrogens (tertiary/aromatic N) is 2. The van der Waals surface area contributed by atoms with Gasteiger partial charge in [0.25, 0.3) is 5.91 Å². The van der Waals surface area contributed by atoms with E-state index in [2.05, 4.69) is 20.3 Å². The lowest BCUT2D eigenvalue weighted by Gasteiger charge is -2.30. The van der Waals surface area contributed by atoms with Gasteiger partial charge in [0.2, 0.25) is 27.7 Å². The second-order valence-corrected chi connectivity index (χ2v) is 18.3. The lowest BCUT2D eigenvalue weighted by atomic mass is 9.99. The molecule has 2 saturated carbocycles. The number of aromatic nitrogens is 1. The van der Waals surface area contributed by atoms with Crippen molar-refractivity contribution in [3.8, 4) is 17.4 Å². The number of pyridine rings is 1. The van der Waals surface area contributed by atoms with Crippen LogP contribution in [0.2, 0.25) is 0 Å². The smallest absolute Gasteiger partial charge is 0.407 e. The predicted octanol–water partition coefficient (Wildman–Crippen LogP) is 4.29. The molecule has 0 radical (unpaired) electrons. The lowest BCUT2D eigenvalue weighted by Crippen LogP contribution is -2.58. The molecule has 5 aliphatic rings. The average Bonchev–Trinajstić information content (AvgIpc) is 4.10. The Kier molecular flexibility index (Phi) is 11.8. The molecule has 3 aliphatic heterocycles. The highest BCUT2D eigenvalue weighted by molar-refractivity contribution is 7.91. The van der Waals surface area contributed by atoms with Gasteiger partial charge in [0.05, 0.1) is 38.1 Å². The summed E-state index contributed by atoms with van der Waals surface area (Å²) < 4.78 is 51.7. The molecule has 2 saturated heterocycles. The van der Waals surface area contributed by atoms with Gasteiger partial charge in [-0.2, -0.15) is 0 Å². The number of methoxy groups -OCH3 is 2. The molecule has 0 spiro atoms. The van der Waals surface area contributed by atoms with Crippen molar-refractivity contribution in [2.75, 3.05) is 27.4 Å². The standard InChI is InChI=1S/C40H55N5O10S/c1-24-11-9-10-12-25-17-29-31(19-33(25)52-2)41-35(53-3)20-34(29)55-27-18-32-36(46)43-40(38(48)44-56(50,51)28-15-16-28)21-26(40)13-7-5-4-6-8-14-30(37(47)45(32)22-27)42-39(49)54-23-24/h17,19-20,24,26-28,30,32H,4-16,18,21-23H2,1-3H3,(H,42,49)(H,43,46)(H,44,48)/t24-,26+,27+,30-,32-,40+/m0/s1. The van der Waals surface area contributed by atoms with E-state index in [1.807, 2.05) is 19.1 Å². The van der Waals surface area contributed by atoms with E-state index < -0.39 is 62.8 Å². The molecule has 2 aromatic rings. The van der Waals surface area contributed by atoms with E-state index >= 15 is 0 Å². The highest BCUT2D eigenvalue weighted by atomic mass is 32.2. The monoisotopic (exact) mass is 797 g/mol. The van der Waals surface area contributed by atoms with Gasteiger partial charge in [-0.25, -0.2) is 18.2 Å². The summed E-state index contributed by atoms with van der Waals surface area (Å²) in [6.07, 6.45) is 8.36. The summed E-state index contributed by atoms with van der Waals surface area (Å²) in [6.45, 7) is 2.22. The number of aryl methyl sites for hydroxylation is 1. The number of benzene rings is 1. The zero-order chi connectivity index (χ0) is 39.6. The maximum absolute atomic E-state index is 14.6. The molecule has 4 fully saturated rings. The fourth-order valence-electron chi connectivity index (χ4n) is 8.56. The number of nitrogens with one attached hydrogen (secondary N) is 3. The Morgan fingerprint density at radius 2 is 1.71 bits per heavy atom. The normalized spacial score (nSPS) is 29.5. The van der Waals surface area contributed by atoms with E-state index in [1.165, 1.54) is 12.0 Å². The number of carbonyl (C=O) groups is 4. The molecule has 56 heavy (non-hydrogen) atoms. The summed E-state index contributed by atoms with van der Waals surface area (Å²) >= 11 is 0. The lowest BCUT2D eigenvalue weighted by molar-refractivity contribution is -0.141. The summed E-state index contributed by atoms with van der Waals surface area (Å²) in [5.74, 6) is -0.473. The molecule has 16 heteroatoms. The Bertz CT molecular complexity index is 1940. The van der Waals surface area contributed by atoms with Crippen LogP contribution in [0.4, 0.5) is 4.79 Å². The van der Waals surface area contributed by atoms with Crippen LogP contribution in [0.25, 0.3) is 10.9 Å². The first-order valence-electron chi connectivity index (χ1n) is 20.2. The van der Waals surface area contributed by atoms with Gasteiger partial charge in [-0.1, -0.05) is 45.4 Å². The molecular formula is C40H55N5O10S. The number of hydrogen-bond acceptors (Lipinski definition) is 11. The minimum absolute atomic E-state index is 0.00894. The molecule has 15 nitrogen and oxygen atoms in total. The van der Waals surface area contributed by atoms with Crippen molar-refractivity contribution in [2.45, 2.75) is 132 Å². The molecule has 4 heterocycles. The van der Waals surface area contributed by atoms with Crippen molar-refractivity contribution >= 4 is 44.7 Å². The number of hydrogen-bond donors (Lipinski definition) is 3. The topological polar surface area (TPSA) is 192 Å². The first-order chi connectivity index (χ1) is 26.9. The van der Waals surface area contributed by atoms with E-state index in [4.69, 9.17) is 18.9 Å². The summed E-state index contributed by atoms with van der Waals surface area (Å²) in [7, 11) is -0.742. The third-order valence-electron chi connectivity index (χ3n) is 12.1. The Morgan fingerprint density at radius 1 is 0.964 bits per heavy atom. The zero-order valence-corrected chi connectivity index (χ0v) is 33.4. The molecule has 1 aromatic heterocycles. The number of fused-ring (bicyclic) bond motifs is 4. The van der Waals surface area contributed by atoms with Crippen LogP contribution in [-0.2, 0) is 35.6 Å². The van der Waals surface area contributed by atoms with E-state index in [0.717, 1.165) is 62.3 Å². The van der Waals surface area contributed by atoms with Crippen LogP contribution in [0.3, 0.4) is 0 Å². The molecule has 1 aromatic carbocycles. The van der Waals surface area contributed by atoms with E-state index in [1.54, 1.807) is 13.2 Å². The third-order valence-corrected chi connectivity index (χ3v) is 13.9. The quantitative estimate of drug-likeness (QED) is 0.391. The van der Waals surface area contributed by atoms with E-state index in [9.17, 15) is 27.6 Å². The number of carbonyl (C=O) groups excluding carboxylic acids is 4. The molecule has 2 aliphatic carbocycles. The third kappa shape index (κ3) is 8.79. The van der Waals surface area contributed by atoms with Crippen molar-refractivity contribution < 1.29 is 46.5 Å². The summed E-state index contributed by atoms with van der Waals surface area (Å²) in [4.78, 5) is 62.2. The summed E-state index contributed by atoms with van der Waals surface area (Å²) in [6, 6.07) is 3.50. The number of alkyl carbamates (subject to hydrolysis) is 1. The van der Waals surface area contributed by atoms with Gasteiger partial charge in [-0.3, -0.25) is 19.1 Å². The van der Waals surface area contributed by atoms with Crippen molar-refractivity contribution in [3.05, 3.63) is 23.8 Å². The van der Waals surface area contributed by atoms with Gasteiger partial charge >= 0.3 is 6.09 Å². The zero-order valence-electron chi connectivity index (χ0n) is 32.6. The second-order valence-electron chi connectivity index (χ2n) is 16.4. The Hall–Kier alpha value is -4.34. The first-order valence-corrected chi connectivity index (χ1v) is 21.8. The largest absolute Gasteiger partial charge is 0.496 e. The summed E-state index contributed by atoms with van der Waals surface area (Å²) in [5.41, 5.74) is 0.149. The van der Waals surface area contributed by atoms with Crippen molar-refractivity contribution in [1.82, 2.24) is 25.2 Å². The number of rotatable bonds is 5. The fraction of sp³-hybridized carbons (Fsp3) is 0.675. The molecule has 6 atom stereocenters. The number of cyclic esters (lactones) is 1. The van der Waals surface area contributed by atoms with Crippen molar-refractivity contribution in [2.24, 2.45) is 11.8 Å². The fourth-order valence-corrected chi connectivity index (χ4v) is 9.92. The van der Waals surface area contributed by atoms with Gasteiger partial charge in [0.15, 0.2) is 0 Å². The van der Waals surface area contributed by atoms with Gasteiger partial charge < -0.3 is 34.5 Å². The number of amides is 4. The molecular weight excluding hydrogens is 743 g/mol. The number of ether oxygens (including phenoxy) is 4. The Balaban J connectivity index is 1.25. The van der Waals surface area contributed by atoms with Gasteiger partial charge in [0, 0.05) is 23.9 Å². The number of sulfonamides is 1. The molecule has 7 rings (SSSR count). The highest BCUT2D eigenvalue weighted by Crippen LogP contribution is 2.48. The molecule has 306 valence electrons. The van der Waals surface area contributed by atoms with Crippen LogP contribution in [0.5, 0.6) is 17.4 Å². The summed E-state index contributed by atoms with van der Waals surface area (Å²) in [5, 5.41) is 5.88. The average molecular weight is 798 g/mol. The first kappa shape index (κ1) is 39.9. The van der Waals surface area contributed by atoms with Crippen LogP contribution in [0, 0.1) is 11.8 Å². The van der Waals surface area contributed by atoms with Gasteiger partial charge in [-0.15, -0.1) is 0 Å². The van der Waals surface area contributed by atoms with Gasteiger partial charge in [-0.05, 0) is 74.8 Å². The Labute approximate surface area is 328 Å². The van der Waals surface area contributed by atoms with Crippen molar-refractivity contribution in [3.63, 3.8) is 0 Å². The van der Waals surface area contributed by atoms with Crippen LogP contribution in [-0.4, -0.2) is 98.5 Å². The predicted molar refractivity (Wildman–Crippen MR) is 206 cm³/mol. The van der Waals surface area contributed by atoms with Crippen LogP contribution in [0.15, 0.2) is 18.2 Å². The van der Waals surface area contributed by atoms with Crippen molar-refractivity contribution in [1.29, 1.82) is 0 Å².